The van der Waals surface area contributed by atoms with Crippen molar-refractivity contribution in [2.45, 2.75) is 13.0 Å². The molecule has 1 aromatic heterocycles. The van der Waals surface area contributed by atoms with E-state index in [4.69, 9.17) is 4.74 Å². The fraction of sp³-hybridized carbons (Fsp3) is 0.312. The van der Waals surface area contributed by atoms with Crippen LogP contribution in [0.15, 0.2) is 36.7 Å². The molecule has 0 radical (unpaired) electrons. The van der Waals surface area contributed by atoms with Crippen molar-refractivity contribution < 1.29 is 13.9 Å². The van der Waals surface area contributed by atoms with Crippen LogP contribution in [-0.2, 0) is 0 Å². The molecule has 128 valence electrons. The molecule has 24 heavy (non-hydrogen) atoms. The maximum absolute atomic E-state index is 13.7. The number of urea groups is 1. The van der Waals surface area contributed by atoms with Gasteiger partial charge >= 0.3 is 6.03 Å². The lowest BCUT2D eigenvalue weighted by Crippen LogP contribution is -2.39. The molecular formula is C16H20FN5O2. The van der Waals surface area contributed by atoms with Crippen molar-refractivity contribution in [1.82, 2.24) is 20.6 Å². The van der Waals surface area contributed by atoms with E-state index in [1.807, 2.05) is 0 Å². The largest absolute Gasteiger partial charge is 0.494 e. The van der Waals surface area contributed by atoms with Gasteiger partial charge in [0.25, 0.3) is 0 Å². The highest BCUT2D eigenvalue weighted by molar-refractivity contribution is 5.74. The van der Waals surface area contributed by atoms with Crippen LogP contribution >= 0.6 is 0 Å². The van der Waals surface area contributed by atoms with Crippen molar-refractivity contribution in [2.75, 3.05) is 25.5 Å². The van der Waals surface area contributed by atoms with Gasteiger partial charge in [-0.1, -0.05) is 6.07 Å². The summed E-state index contributed by atoms with van der Waals surface area (Å²) in [6.07, 6.45) is 3.26. The highest BCUT2D eigenvalue weighted by atomic mass is 19.1. The van der Waals surface area contributed by atoms with Crippen molar-refractivity contribution in [3.8, 4) is 5.75 Å². The monoisotopic (exact) mass is 333 g/mol. The second-order valence-corrected chi connectivity index (χ2v) is 5.02. The molecule has 2 aromatic rings. The zero-order valence-electron chi connectivity index (χ0n) is 13.5. The molecule has 0 unspecified atom stereocenters. The predicted molar refractivity (Wildman–Crippen MR) is 88.4 cm³/mol. The summed E-state index contributed by atoms with van der Waals surface area (Å²) in [6, 6.07) is 5.63. The molecule has 0 spiro atoms. The first kappa shape index (κ1) is 17.5. The minimum absolute atomic E-state index is 0.171. The topological polar surface area (TPSA) is 88.2 Å². The highest BCUT2D eigenvalue weighted by Crippen LogP contribution is 2.21. The molecule has 0 aliphatic heterocycles. The number of methoxy groups -OCH3 is 1. The molecule has 2 amide bonds. The third kappa shape index (κ3) is 5.08. The lowest BCUT2D eigenvalue weighted by molar-refractivity contribution is 0.238. The van der Waals surface area contributed by atoms with Gasteiger partial charge in [-0.05, 0) is 30.7 Å². The van der Waals surface area contributed by atoms with Gasteiger partial charge in [-0.15, -0.1) is 0 Å². The Bertz CT molecular complexity index is 669. The van der Waals surface area contributed by atoms with E-state index in [0.29, 0.717) is 24.6 Å². The summed E-state index contributed by atoms with van der Waals surface area (Å²) < 4.78 is 18.6. The lowest BCUT2D eigenvalue weighted by atomic mass is 10.1. The van der Waals surface area contributed by atoms with E-state index in [1.165, 1.54) is 19.2 Å². The summed E-state index contributed by atoms with van der Waals surface area (Å²) in [5.74, 6) is 0.211. The lowest BCUT2D eigenvalue weighted by Gasteiger charge is -2.16. The average Bonchev–Trinajstić information content (AvgIpc) is 2.59. The number of nitrogens with zero attached hydrogens (tertiary/aromatic N) is 2. The summed E-state index contributed by atoms with van der Waals surface area (Å²) in [6.45, 7) is 2.66. The molecule has 1 atom stereocenters. The minimum Gasteiger partial charge on any atom is -0.494 e. The van der Waals surface area contributed by atoms with E-state index in [0.717, 1.165) is 0 Å². The Morgan fingerprint density at radius 2 is 2.04 bits per heavy atom. The Hall–Kier alpha value is -2.90. The molecule has 1 heterocycles. The van der Waals surface area contributed by atoms with E-state index in [2.05, 4.69) is 25.9 Å². The molecule has 0 bridgehead atoms. The van der Waals surface area contributed by atoms with Gasteiger partial charge in [0.15, 0.2) is 11.6 Å². The zero-order chi connectivity index (χ0) is 17.4. The molecule has 1 aromatic carbocycles. The van der Waals surface area contributed by atoms with Crippen molar-refractivity contribution in [1.29, 1.82) is 0 Å². The van der Waals surface area contributed by atoms with E-state index < -0.39 is 5.82 Å². The Labute approximate surface area is 139 Å². The number of amides is 2. The SMILES string of the molecule is COc1ccc([C@@H](C)NC(=O)NCCNc2ncccn2)cc1F. The average molecular weight is 333 g/mol. The summed E-state index contributed by atoms with van der Waals surface area (Å²) in [5, 5.41) is 8.42. The standard InChI is InChI=1S/C16H20FN5O2/c1-11(12-4-5-14(24-2)13(17)10-12)22-16(23)21-9-8-20-15-18-6-3-7-19-15/h3-7,10-11H,8-9H2,1-2H3,(H,18,19,20)(H2,21,22,23)/t11-/m1/s1. The van der Waals surface area contributed by atoms with Crippen molar-refractivity contribution in [3.63, 3.8) is 0 Å². The van der Waals surface area contributed by atoms with Crippen LogP contribution in [0.5, 0.6) is 5.75 Å². The Morgan fingerprint density at radius 3 is 2.71 bits per heavy atom. The first-order chi connectivity index (χ1) is 11.6. The van der Waals surface area contributed by atoms with Gasteiger partial charge in [-0.2, -0.15) is 0 Å². The summed E-state index contributed by atoms with van der Waals surface area (Å²) in [5.41, 5.74) is 0.652. The smallest absolute Gasteiger partial charge is 0.315 e. The number of carbonyl (C=O) groups is 1. The van der Waals surface area contributed by atoms with E-state index >= 15 is 0 Å². The van der Waals surface area contributed by atoms with Crippen LogP contribution < -0.4 is 20.7 Å². The van der Waals surface area contributed by atoms with Crippen LogP contribution in [0.2, 0.25) is 0 Å². The fourth-order valence-corrected chi connectivity index (χ4v) is 2.02. The zero-order valence-corrected chi connectivity index (χ0v) is 13.5. The molecule has 7 nitrogen and oxygen atoms in total. The second kappa shape index (κ2) is 8.66. The van der Waals surface area contributed by atoms with Gasteiger partial charge in [0, 0.05) is 25.5 Å². The van der Waals surface area contributed by atoms with E-state index in [1.54, 1.807) is 31.5 Å². The van der Waals surface area contributed by atoms with Crippen molar-refractivity contribution in [2.24, 2.45) is 0 Å². The summed E-state index contributed by atoms with van der Waals surface area (Å²) >= 11 is 0. The van der Waals surface area contributed by atoms with Crippen LogP contribution in [0.1, 0.15) is 18.5 Å². The van der Waals surface area contributed by atoms with Crippen LogP contribution in [-0.4, -0.2) is 36.2 Å². The quantitative estimate of drug-likeness (QED) is 0.675. The highest BCUT2D eigenvalue weighted by Gasteiger charge is 2.12. The number of hydrogen-bond donors (Lipinski definition) is 3. The number of hydrogen-bond acceptors (Lipinski definition) is 5. The number of halogens is 1. The van der Waals surface area contributed by atoms with E-state index in [-0.39, 0.29) is 17.8 Å². The molecule has 0 aliphatic carbocycles. The first-order valence-corrected chi connectivity index (χ1v) is 7.49. The molecule has 0 aliphatic rings. The number of carbonyl (C=O) groups excluding carboxylic acids is 1. The van der Waals surface area contributed by atoms with E-state index in [9.17, 15) is 9.18 Å². The summed E-state index contributed by atoms with van der Waals surface area (Å²) in [7, 11) is 1.40. The van der Waals surface area contributed by atoms with Crippen LogP contribution in [0.25, 0.3) is 0 Å². The van der Waals surface area contributed by atoms with Crippen LogP contribution in [0.4, 0.5) is 15.1 Å². The molecule has 0 fully saturated rings. The number of aromatic nitrogens is 2. The first-order valence-electron chi connectivity index (χ1n) is 7.49. The third-order valence-electron chi connectivity index (χ3n) is 3.28. The molecular weight excluding hydrogens is 313 g/mol. The number of anilines is 1. The molecule has 3 N–H and O–H groups in total. The van der Waals surface area contributed by atoms with Crippen LogP contribution in [0, 0.1) is 5.82 Å². The minimum atomic E-state index is -0.462. The molecule has 2 rings (SSSR count). The fourth-order valence-electron chi connectivity index (χ4n) is 2.02. The maximum atomic E-state index is 13.7. The molecule has 0 saturated carbocycles. The van der Waals surface area contributed by atoms with Gasteiger partial charge in [-0.3, -0.25) is 0 Å². The number of ether oxygens (including phenoxy) is 1. The normalized spacial score (nSPS) is 11.5. The van der Waals surface area contributed by atoms with Gasteiger partial charge in [-0.25, -0.2) is 19.2 Å². The van der Waals surface area contributed by atoms with Gasteiger partial charge in [0.2, 0.25) is 5.95 Å². The second-order valence-electron chi connectivity index (χ2n) is 5.02. The Kier molecular flexibility index (Phi) is 6.30. The van der Waals surface area contributed by atoms with Gasteiger partial charge in [0.05, 0.1) is 13.2 Å². The predicted octanol–water partition coefficient (Wildman–Crippen LogP) is 2.10. The molecule has 8 heteroatoms. The van der Waals surface area contributed by atoms with Gasteiger partial charge in [0.1, 0.15) is 0 Å². The molecule has 0 saturated heterocycles. The van der Waals surface area contributed by atoms with Crippen molar-refractivity contribution in [3.05, 3.63) is 48.0 Å². The number of rotatable bonds is 7. The maximum Gasteiger partial charge on any atom is 0.315 e. The number of nitrogens with one attached hydrogen (secondary N) is 3. The third-order valence-corrected chi connectivity index (χ3v) is 3.28. The van der Waals surface area contributed by atoms with Crippen LogP contribution in [0.3, 0.4) is 0 Å². The Balaban J connectivity index is 1.74. The Morgan fingerprint density at radius 1 is 1.29 bits per heavy atom. The van der Waals surface area contributed by atoms with Crippen molar-refractivity contribution >= 4 is 12.0 Å². The number of benzene rings is 1. The van der Waals surface area contributed by atoms with Gasteiger partial charge < -0.3 is 20.7 Å². The summed E-state index contributed by atoms with van der Waals surface area (Å²) in [4.78, 5) is 19.9.